The van der Waals surface area contributed by atoms with E-state index in [4.69, 9.17) is 34.8 Å². The van der Waals surface area contributed by atoms with Gasteiger partial charge < -0.3 is 5.32 Å². The highest BCUT2D eigenvalue weighted by molar-refractivity contribution is 6.35. The molecule has 0 radical (unpaired) electrons. The minimum atomic E-state index is -0.136. The zero-order chi connectivity index (χ0) is 17.1. The zero-order valence-corrected chi connectivity index (χ0v) is 15.3. The van der Waals surface area contributed by atoms with E-state index in [1.807, 2.05) is 24.3 Å². The van der Waals surface area contributed by atoms with Crippen LogP contribution in [0.3, 0.4) is 0 Å². The van der Waals surface area contributed by atoms with Gasteiger partial charge in [-0.05, 0) is 42.7 Å². The van der Waals surface area contributed by atoms with E-state index >= 15 is 0 Å². The highest BCUT2D eigenvalue weighted by atomic mass is 35.5. The lowest BCUT2D eigenvalue weighted by Gasteiger charge is -2.33. The molecule has 5 heteroatoms. The summed E-state index contributed by atoms with van der Waals surface area (Å²) < 4.78 is 0. The Balaban J connectivity index is 1.82. The summed E-state index contributed by atoms with van der Waals surface area (Å²) in [6.45, 7) is 0. The molecule has 1 N–H and O–H groups in total. The fourth-order valence-corrected chi connectivity index (χ4v) is 4.14. The summed E-state index contributed by atoms with van der Waals surface area (Å²) in [7, 11) is 0. The fourth-order valence-electron chi connectivity index (χ4n) is 3.37. The largest absolute Gasteiger partial charge is 0.349 e. The number of rotatable bonds is 3. The third-order valence-corrected chi connectivity index (χ3v) is 5.45. The van der Waals surface area contributed by atoms with Gasteiger partial charge in [0.25, 0.3) is 5.91 Å². The minimum absolute atomic E-state index is 0.0428. The molecule has 1 saturated carbocycles. The molecule has 2 aromatic carbocycles. The molecule has 126 valence electrons. The molecule has 0 aliphatic heterocycles. The second-order valence-corrected chi connectivity index (χ2v) is 7.37. The Kier molecular flexibility index (Phi) is 5.70. The Hall–Kier alpha value is -1.22. The molecule has 0 bridgehead atoms. The first-order valence-corrected chi connectivity index (χ1v) is 9.20. The highest BCUT2D eigenvalue weighted by Crippen LogP contribution is 2.37. The van der Waals surface area contributed by atoms with Gasteiger partial charge in [-0.15, -0.1) is 0 Å². The van der Waals surface area contributed by atoms with E-state index < -0.39 is 0 Å². The molecule has 0 unspecified atom stereocenters. The van der Waals surface area contributed by atoms with Crippen LogP contribution in [0.15, 0.2) is 42.5 Å². The predicted octanol–water partition coefficient (Wildman–Crippen LogP) is 6.10. The molecule has 0 saturated heterocycles. The third-order valence-electron chi connectivity index (χ3n) is 4.56. The van der Waals surface area contributed by atoms with Gasteiger partial charge in [0.15, 0.2) is 0 Å². The lowest BCUT2D eigenvalue weighted by Crippen LogP contribution is -2.41. The molecule has 0 spiro atoms. The summed E-state index contributed by atoms with van der Waals surface area (Å²) in [4.78, 5) is 12.6. The Morgan fingerprint density at radius 3 is 2.46 bits per heavy atom. The topological polar surface area (TPSA) is 29.1 Å². The summed E-state index contributed by atoms with van der Waals surface area (Å²) >= 11 is 18.5. The molecular weight excluding hydrogens is 365 g/mol. The second kappa shape index (κ2) is 7.77. The quantitative estimate of drug-likeness (QED) is 0.682. The van der Waals surface area contributed by atoms with Gasteiger partial charge in [-0.2, -0.15) is 0 Å². The molecule has 0 aromatic heterocycles. The van der Waals surface area contributed by atoms with Crippen molar-refractivity contribution >= 4 is 40.7 Å². The maximum absolute atomic E-state index is 12.6. The van der Waals surface area contributed by atoms with Crippen molar-refractivity contribution in [2.24, 2.45) is 0 Å². The number of hydrogen-bond donors (Lipinski definition) is 1. The highest BCUT2D eigenvalue weighted by Gasteiger charge is 2.29. The number of carbonyl (C=O) groups is 1. The number of carbonyl (C=O) groups excluding carboxylic acids is 1. The summed E-state index contributed by atoms with van der Waals surface area (Å²) in [6.07, 6.45) is 4.14. The summed E-state index contributed by atoms with van der Waals surface area (Å²) in [6, 6.07) is 12.7. The molecule has 1 fully saturated rings. The van der Waals surface area contributed by atoms with Crippen LogP contribution in [0.25, 0.3) is 0 Å². The van der Waals surface area contributed by atoms with Crippen molar-refractivity contribution in [3.63, 3.8) is 0 Å². The van der Waals surface area contributed by atoms with Gasteiger partial charge in [0.1, 0.15) is 0 Å². The van der Waals surface area contributed by atoms with Crippen LogP contribution in [0, 0.1) is 0 Å². The third kappa shape index (κ3) is 3.88. The molecule has 24 heavy (non-hydrogen) atoms. The molecular formula is C19H18Cl3NO. The van der Waals surface area contributed by atoms with Crippen LogP contribution in [0.1, 0.15) is 47.5 Å². The maximum Gasteiger partial charge on any atom is 0.253 e. The van der Waals surface area contributed by atoms with Crippen molar-refractivity contribution in [3.05, 3.63) is 68.7 Å². The van der Waals surface area contributed by atoms with Crippen molar-refractivity contribution in [2.75, 3.05) is 0 Å². The van der Waals surface area contributed by atoms with Gasteiger partial charge in [0, 0.05) is 22.0 Å². The van der Waals surface area contributed by atoms with E-state index in [9.17, 15) is 4.79 Å². The molecule has 3 rings (SSSR count). The molecule has 1 aliphatic rings. The number of amides is 1. The minimum Gasteiger partial charge on any atom is -0.349 e. The van der Waals surface area contributed by atoms with Crippen molar-refractivity contribution < 1.29 is 4.79 Å². The molecule has 2 aromatic rings. The normalized spacial score (nSPS) is 20.6. The van der Waals surface area contributed by atoms with Crippen molar-refractivity contribution in [3.8, 4) is 0 Å². The summed E-state index contributed by atoms with van der Waals surface area (Å²) in [5.74, 6) is 0.0533. The molecule has 2 atom stereocenters. The van der Waals surface area contributed by atoms with Crippen molar-refractivity contribution in [2.45, 2.75) is 37.6 Å². The van der Waals surface area contributed by atoms with Gasteiger partial charge in [-0.25, -0.2) is 0 Å². The van der Waals surface area contributed by atoms with E-state index in [1.165, 1.54) is 0 Å². The monoisotopic (exact) mass is 381 g/mol. The number of hydrogen-bond acceptors (Lipinski definition) is 1. The van der Waals surface area contributed by atoms with Crippen LogP contribution >= 0.6 is 34.8 Å². The Labute approximate surface area is 157 Å². The van der Waals surface area contributed by atoms with Crippen LogP contribution < -0.4 is 5.32 Å². The van der Waals surface area contributed by atoms with E-state index in [1.54, 1.807) is 18.2 Å². The Morgan fingerprint density at radius 1 is 0.958 bits per heavy atom. The van der Waals surface area contributed by atoms with Crippen LogP contribution in [0.5, 0.6) is 0 Å². The summed E-state index contributed by atoms with van der Waals surface area (Å²) in [5.41, 5.74) is 1.55. The van der Waals surface area contributed by atoms with Crippen LogP contribution in [-0.2, 0) is 0 Å². The van der Waals surface area contributed by atoms with Gasteiger partial charge in [-0.1, -0.05) is 65.8 Å². The average molecular weight is 383 g/mol. The first-order valence-electron chi connectivity index (χ1n) is 8.06. The van der Waals surface area contributed by atoms with E-state index in [-0.39, 0.29) is 17.9 Å². The number of halogens is 3. The maximum atomic E-state index is 12.6. The smallest absolute Gasteiger partial charge is 0.253 e. The van der Waals surface area contributed by atoms with E-state index in [0.717, 1.165) is 31.2 Å². The number of benzene rings is 2. The molecule has 2 nitrogen and oxygen atoms in total. The van der Waals surface area contributed by atoms with Crippen molar-refractivity contribution in [1.82, 2.24) is 5.32 Å². The standard InChI is InChI=1S/C19H18Cl3NO/c20-12-9-10-13(17(22)11-12)14-5-2-4-8-18(14)23-19(24)15-6-1-3-7-16(15)21/h1,3,6-7,9-11,14,18H,2,4-5,8H2,(H,23,24)/t14-,18-/m0/s1. The Morgan fingerprint density at radius 2 is 1.71 bits per heavy atom. The van der Waals surface area contributed by atoms with E-state index in [2.05, 4.69) is 5.32 Å². The fraction of sp³-hybridized carbons (Fsp3) is 0.316. The van der Waals surface area contributed by atoms with Gasteiger partial charge in [0.05, 0.1) is 10.6 Å². The zero-order valence-electron chi connectivity index (χ0n) is 13.1. The molecule has 0 heterocycles. The molecule has 1 aliphatic carbocycles. The lowest BCUT2D eigenvalue weighted by molar-refractivity contribution is 0.0921. The number of nitrogens with one attached hydrogen (secondary N) is 1. The molecule has 1 amide bonds. The van der Waals surface area contributed by atoms with Gasteiger partial charge in [-0.3, -0.25) is 4.79 Å². The van der Waals surface area contributed by atoms with Crippen LogP contribution in [-0.4, -0.2) is 11.9 Å². The summed E-state index contributed by atoms with van der Waals surface area (Å²) in [5, 5.41) is 4.90. The van der Waals surface area contributed by atoms with Crippen molar-refractivity contribution in [1.29, 1.82) is 0 Å². The average Bonchev–Trinajstić information content (AvgIpc) is 2.56. The van der Waals surface area contributed by atoms with Crippen LogP contribution in [0.2, 0.25) is 15.1 Å². The van der Waals surface area contributed by atoms with Gasteiger partial charge in [0.2, 0.25) is 0 Å². The second-order valence-electron chi connectivity index (χ2n) is 6.12. The first-order chi connectivity index (χ1) is 11.6. The lowest BCUT2D eigenvalue weighted by atomic mass is 9.80. The van der Waals surface area contributed by atoms with Gasteiger partial charge >= 0.3 is 0 Å². The van der Waals surface area contributed by atoms with Crippen LogP contribution in [0.4, 0.5) is 0 Å². The SMILES string of the molecule is O=C(N[C@H]1CCCC[C@H]1c1ccc(Cl)cc1Cl)c1ccccc1Cl. The van der Waals surface area contributed by atoms with E-state index in [0.29, 0.717) is 20.6 Å². The predicted molar refractivity (Wildman–Crippen MR) is 100 cm³/mol. The first kappa shape index (κ1) is 17.6. The Bertz CT molecular complexity index is 747.